The molecule has 2 unspecified atom stereocenters. The van der Waals surface area contributed by atoms with E-state index in [2.05, 4.69) is 43.4 Å². The van der Waals surface area contributed by atoms with E-state index >= 15 is 0 Å². The van der Waals surface area contributed by atoms with Crippen LogP contribution in [0.1, 0.15) is 37.8 Å². The summed E-state index contributed by atoms with van der Waals surface area (Å²) < 4.78 is 5.67. The van der Waals surface area contributed by atoms with Crippen LogP contribution in [0, 0.1) is 5.92 Å². The van der Waals surface area contributed by atoms with Crippen LogP contribution in [-0.4, -0.2) is 25.8 Å². The Bertz CT molecular complexity index is 369. The molecule has 2 heteroatoms. The molecule has 2 rings (SSSR count). The molecule has 2 atom stereocenters. The Morgan fingerprint density at radius 3 is 2.79 bits per heavy atom. The summed E-state index contributed by atoms with van der Waals surface area (Å²) in [5.41, 5.74) is 3.09. The Hall–Kier alpha value is -0.860. The van der Waals surface area contributed by atoms with Crippen LogP contribution in [0.3, 0.4) is 0 Å². The number of ether oxygens (including phenoxy) is 1. The molecule has 0 aliphatic heterocycles. The SMILES string of the molecule is CCCNC(COCC)C1CCc2ccccc2C1. The van der Waals surface area contributed by atoms with Gasteiger partial charge in [0.25, 0.3) is 0 Å². The van der Waals surface area contributed by atoms with Gasteiger partial charge in [-0.1, -0.05) is 31.2 Å². The molecule has 0 bridgehead atoms. The molecular weight excluding hydrogens is 234 g/mol. The maximum absolute atomic E-state index is 5.67. The first-order chi connectivity index (χ1) is 9.35. The van der Waals surface area contributed by atoms with E-state index in [1.807, 2.05) is 0 Å². The number of aryl methyl sites for hydroxylation is 1. The average Bonchev–Trinajstić information content (AvgIpc) is 2.47. The second-order valence-electron chi connectivity index (χ2n) is 5.49. The molecule has 0 saturated carbocycles. The fourth-order valence-corrected chi connectivity index (χ4v) is 3.01. The highest BCUT2D eigenvalue weighted by Crippen LogP contribution is 2.27. The lowest BCUT2D eigenvalue weighted by Crippen LogP contribution is -2.42. The summed E-state index contributed by atoms with van der Waals surface area (Å²) in [6, 6.07) is 9.40. The molecule has 1 N–H and O–H groups in total. The first-order valence-corrected chi connectivity index (χ1v) is 7.73. The van der Waals surface area contributed by atoms with Gasteiger partial charge in [-0.05, 0) is 56.2 Å². The molecule has 2 nitrogen and oxygen atoms in total. The number of fused-ring (bicyclic) bond motifs is 1. The van der Waals surface area contributed by atoms with Gasteiger partial charge in [0, 0.05) is 12.6 Å². The topological polar surface area (TPSA) is 21.3 Å². The van der Waals surface area contributed by atoms with E-state index in [0.29, 0.717) is 12.0 Å². The second-order valence-corrected chi connectivity index (χ2v) is 5.49. The van der Waals surface area contributed by atoms with Crippen LogP contribution in [-0.2, 0) is 17.6 Å². The van der Waals surface area contributed by atoms with Crippen LogP contribution in [0.15, 0.2) is 24.3 Å². The van der Waals surface area contributed by atoms with Crippen molar-refractivity contribution in [3.63, 3.8) is 0 Å². The van der Waals surface area contributed by atoms with Crippen molar-refractivity contribution < 1.29 is 4.74 Å². The summed E-state index contributed by atoms with van der Waals surface area (Å²) in [7, 11) is 0. The summed E-state index contributed by atoms with van der Waals surface area (Å²) in [5, 5.41) is 3.68. The van der Waals surface area contributed by atoms with E-state index in [-0.39, 0.29) is 0 Å². The van der Waals surface area contributed by atoms with Gasteiger partial charge in [-0.25, -0.2) is 0 Å². The Labute approximate surface area is 117 Å². The molecule has 0 saturated heterocycles. The summed E-state index contributed by atoms with van der Waals surface area (Å²) in [6.45, 7) is 7.06. The van der Waals surface area contributed by atoms with Crippen molar-refractivity contribution in [2.45, 2.75) is 45.6 Å². The Morgan fingerprint density at radius 2 is 2.05 bits per heavy atom. The molecule has 19 heavy (non-hydrogen) atoms. The van der Waals surface area contributed by atoms with E-state index in [1.54, 1.807) is 11.1 Å². The zero-order chi connectivity index (χ0) is 13.5. The molecule has 0 spiro atoms. The Balaban J connectivity index is 1.98. The van der Waals surface area contributed by atoms with Gasteiger partial charge >= 0.3 is 0 Å². The molecule has 0 aromatic heterocycles. The zero-order valence-corrected chi connectivity index (χ0v) is 12.3. The van der Waals surface area contributed by atoms with Crippen molar-refractivity contribution in [3.05, 3.63) is 35.4 Å². The van der Waals surface area contributed by atoms with Crippen molar-refractivity contribution in [1.82, 2.24) is 5.32 Å². The fourth-order valence-electron chi connectivity index (χ4n) is 3.01. The summed E-state index contributed by atoms with van der Waals surface area (Å²) in [4.78, 5) is 0. The highest BCUT2D eigenvalue weighted by Gasteiger charge is 2.25. The highest BCUT2D eigenvalue weighted by atomic mass is 16.5. The van der Waals surface area contributed by atoms with Gasteiger partial charge < -0.3 is 10.1 Å². The van der Waals surface area contributed by atoms with Gasteiger partial charge in [-0.15, -0.1) is 0 Å². The zero-order valence-electron chi connectivity index (χ0n) is 12.3. The van der Waals surface area contributed by atoms with Crippen molar-refractivity contribution in [3.8, 4) is 0 Å². The minimum atomic E-state index is 0.508. The summed E-state index contributed by atoms with van der Waals surface area (Å²) in [5.74, 6) is 0.716. The van der Waals surface area contributed by atoms with E-state index in [4.69, 9.17) is 4.74 Å². The molecule has 0 heterocycles. The Morgan fingerprint density at radius 1 is 1.26 bits per heavy atom. The third-order valence-electron chi connectivity index (χ3n) is 4.11. The van der Waals surface area contributed by atoms with Crippen molar-refractivity contribution in [2.24, 2.45) is 5.92 Å². The van der Waals surface area contributed by atoms with E-state index in [0.717, 1.165) is 19.8 Å². The highest BCUT2D eigenvalue weighted by molar-refractivity contribution is 5.30. The lowest BCUT2D eigenvalue weighted by Gasteiger charge is -2.32. The standard InChI is InChI=1S/C17H27NO/c1-3-11-18-17(13-19-4-2)16-10-9-14-7-5-6-8-15(14)12-16/h5-8,16-18H,3-4,9-13H2,1-2H3. The predicted molar refractivity (Wildman–Crippen MR) is 80.5 cm³/mol. The van der Waals surface area contributed by atoms with Crippen LogP contribution >= 0.6 is 0 Å². The third kappa shape index (κ3) is 4.05. The third-order valence-corrected chi connectivity index (χ3v) is 4.11. The molecule has 1 aliphatic carbocycles. The molecule has 1 aromatic rings. The van der Waals surface area contributed by atoms with Crippen LogP contribution in [0.2, 0.25) is 0 Å². The molecule has 106 valence electrons. The minimum absolute atomic E-state index is 0.508. The van der Waals surface area contributed by atoms with Crippen molar-refractivity contribution >= 4 is 0 Å². The number of nitrogens with one attached hydrogen (secondary N) is 1. The van der Waals surface area contributed by atoms with E-state index < -0.39 is 0 Å². The number of rotatable bonds is 7. The molecule has 0 amide bonds. The monoisotopic (exact) mass is 261 g/mol. The minimum Gasteiger partial charge on any atom is -0.380 e. The fraction of sp³-hybridized carbons (Fsp3) is 0.647. The van der Waals surface area contributed by atoms with Crippen molar-refractivity contribution in [1.29, 1.82) is 0 Å². The maximum atomic E-state index is 5.67. The van der Waals surface area contributed by atoms with Crippen LogP contribution in [0.5, 0.6) is 0 Å². The molecule has 0 fully saturated rings. The quantitative estimate of drug-likeness (QED) is 0.814. The van der Waals surface area contributed by atoms with Gasteiger partial charge in [0.2, 0.25) is 0 Å². The molecular formula is C17H27NO. The van der Waals surface area contributed by atoms with Crippen molar-refractivity contribution in [2.75, 3.05) is 19.8 Å². The van der Waals surface area contributed by atoms with E-state index in [1.165, 1.54) is 25.7 Å². The number of hydrogen-bond donors (Lipinski definition) is 1. The molecule has 1 aliphatic rings. The summed E-state index contributed by atoms with van der Waals surface area (Å²) in [6.07, 6.45) is 4.89. The lowest BCUT2D eigenvalue weighted by atomic mass is 9.80. The maximum Gasteiger partial charge on any atom is 0.0622 e. The largest absolute Gasteiger partial charge is 0.380 e. The van der Waals surface area contributed by atoms with Crippen LogP contribution in [0.25, 0.3) is 0 Å². The van der Waals surface area contributed by atoms with Gasteiger partial charge in [0.15, 0.2) is 0 Å². The normalized spacial score (nSPS) is 20.0. The molecule has 1 aromatic carbocycles. The second kappa shape index (κ2) is 7.66. The van der Waals surface area contributed by atoms with Crippen LogP contribution in [0.4, 0.5) is 0 Å². The lowest BCUT2D eigenvalue weighted by molar-refractivity contribution is 0.0991. The summed E-state index contributed by atoms with van der Waals surface area (Å²) >= 11 is 0. The van der Waals surface area contributed by atoms with Crippen LogP contribution < -0.4 is 5.32 Å². The number of hydrogen-bond acceptors (Lipinski definition) is 2. The first kappa shape index (κ1) is 14.5. The van der Waals surface area contributed by atoms with E-state index in [9.17, 15) is 0 Å². The average molecular weight is 261 g/mol. The smallest absolute Gasteiger partial charge is 0.0622 e. The van der Waals surface area contributed by atoms with Gasteiger partial charge in [0.1, 0.15) is 0 Å². The molecule has 0 radical (unpaired) electrons. The van der Waals surface area contributed by atoms with Gasteiger partial charge in [0.05, 0.1) is 6.61 Å². The first-order valence-electron chi connectivity index (χ1n) is 7.73. The van der Waals surface area contributed by atoms with Gasteiger partial charge in [-0.3, -0.25) is 0 Å². The predicted octanol–water partition coefficient (Wildman–Crippen LogP) is 3.20. The number of benzene rings is 1. The van der Waals surface area contributed by atoms with Gasteiger partial charge in [-0.2, -0.15) is 0 Å². The Kier molecular flexibility index (Phi) is 5.87.